The largest absolute Gasteiger partial charge is 0.362 e. The molecule has 2 aromatic heterocycles. The van der Waals surface area contributed by atoms with Crippen LogP contribution in [0.15, 0.2) is 29.3 Å². The lowest BCUT2D eigenvalue weighted by Crippen LogP contribution is -2.21. The van der Waals surface area contributed by atoms with Gasteiger partial charge in [-0.1, -0.05) is 0 Å². The molecule has 1 unspecified atom stereocenters. The summed E-state index contributed by atoms with van der Waals surface area (Å²) < 4.78 is 23.5. The lowest BCUT2D eigenvalue weighted by atomic mass is 10.3. The van der Waals surface area contributed by atoms with Crippen LogP contribution in [-0.2, 0) is 9.84 Å². The molecule has 0 aliphatic carbocycles. The molecule has 1 atom stereocenters. The van der Waals surface area contributed by atoms with E-state index in [4.69, 9.17) is 0 Å². The van der Waals surface area contributed by atoms with Crippen LogP contribution in [0.3, 0.4) is 0 Å². The number of hydrogen-bond acceptors (Lipinski definition) is 6. The lowest BCUT2D eigenvalue weighted by Gasteiger charge is -2.10. The summed E-state index contributed by atoms with van der Waals surface area (Å²) in [6, 6.07) is 1.70. The number of rotatable bonds is 2. The predicted molar refractivity (Wildman–Crippen MR) is 67.8 cm³/mol. The van der Waals surface area contributed by atoms with Crippen LogP contribution in [-0.4, -0.2) is 30.2 Å². The van der Waals surface area contributed by atoms with Gasteiger partial charge in [0, 0.05) is 5.41 Å². The highest BCUT2D eigenvalue weighted by atomic mass is 32.2. The Morgan fingerprint density at radius 2 is 2.29 bits per heavy atom. The highest BCUT2D eigenvalue weighted by Crippen LogP contribution is 2.26. The van der Waals surface area contributed by atoms with Gasteiger partial charge in [0.05, 0.1) is 22.0 Å². The number of hydrogen-bond donors (Lipinski definition) is 1. The second-order valence-electron chi connectivity index (χ2n) is 3.77. The van der Waals surface area contributed by atoms with Crippen molar-refractivity contribution in [2.24, 2.45) is 0 Å². The summed E-state index contributed by atoms with van der Waals surface area (Å²) in [5, 5.41) is 6.30. The van der Waals surface area contributed by atoms with Crippen LogP contribution in [0, 0.1) is 0 Å². The highest BCUT2D eigenvalue weighted by molar-refractivity contribution is 7.94. The van der Waals surface area contributed by atoms with Gasteiger partial charge < -0.3 is 5.32 Å². The Hall–Kier alpha value is -1.47. The van der Waals surface area contributed by atoms with Crippen molar-refractivity contribution >= 4 is 37.2 Å². The summed E-state index contributed by atoms with van der Waals surface area (Å²) in [6.07, 6.45) is 3.13. The van der Waals surface area contributed by atoms with E-state index in [2.05, 4.69) is 15.3 Å². The average Bonchev–Trinajstić information content (AvgIpc) is 2.85. The van der Waals surface area contributed by atoms with E-state index in [-0.39, 0.29) is 11.8 Å². The Labute approximate surface area is 102 Å². The molecule has 3 rings (SSSR count). The van der Waals surface area contributed by atoms with Gasteiger partial charge in [0.2, 0.25) is 0 Å². The van der Waals surface area contributed by atoms with E-state index in [0.717, 1.165) is 10.2 Å². The zero-order valence-electron chi connectivity index (χ0n) is 8.70. The second-order valence-corrected chi connectivity index (χ2v) is 6.61. The van der Waals surface area contributed by atoms with Gasteiger partial charge in [-0.25, -0.2) is 18.4 Å². The minimum atomic E-state index is -3.04. The number of sulfone groups is 1. The monoisotopic (exact) mass is 267 g/mol. The van der Waals surface area contributed by atoms with Crippen LogP contribution in [0.4, 0.5) is 5.82 Å². The van der Waals surface area contributed by atoms with Crippen LogP contribution in [0.1, 0.15) is 0 Å². The van der Waals surface area contributed by atoms with E-state index in [1.807, 2.05) is 11.4 Å². The Bertz CT molecular complexity index is 690. The van der Waals surface area contributed by atoms with Crippen LogP contribution in [0.5, 0.6) is 0 Å². The van der Waals surface area contributed by atoms with Gasteiger partial charge in [0.15, 0.2) is 9.84 Å². The number of aromatic nitrogens is 2. The molecular formula is C10H9N3O2S2. The van der Waals surface area contributed by atoms with Gasteiger partial charge in [-0.2, -0.15) is 0 Å². The molecule has 7 heteroatoms. The molecule has 0 fully saturated rings. The second kappa shape index (κ2) is 3.78. The minimum Gasteiger partial charge on any atom is -0.362 e. The fraction of sp³-hybridized carbons (Fsp3) is 0.200. The van der Waals surface area contributed by atoms with E-state index in [1.54, 1.807) is 6.08 Å². The normalized spacial score (nSPS) is 22.0. The Balaban J connectivity index is 1.91. The zero-order valence-corrected chi connectivity index (χ0v) is 10.3. The molecule has 5 nitrogen and oxygen atoms in total. The molecule has 3 heterocycles. The fourth-order valence-electron chi connectivity index (χ4n) is 1.73. The highest BCUT2D eigenvalue weighted by Gasteiger charge is 2.22. The van der Waals surface area contributed by atoms with Gasteiger partial charge in [0.25, 0.3) is 0 Å². The summed E-state index contributed by atoms with van der Waals surface area (Å²) in [5.41, 5.74) is 0.873. The maximum atomic E-state index is 11.3. The van der Waals surface area contributed by atoms with Gasteiger partial charge in [-0.15, -0.1) is 11.3 Å². The molecule has 0 spiro atoms. The van der Waals surface area contributed by atoms with Crippen molar-refractivity contribution in [2.45, 2.75) is 6.04 Å². The Morgan fingerprint density at radius 1 is 1.41 bits per heavy atom. The summed E-state index contributed by atoms with van der Waals surface area (Å²) in [4.78, 5) is 8.28. The van der Waals surface area contributed by atoms with Gasteiger partial charge >= 0.3 is 0 Å². The fourth-order valence-corrected chi connectivity index (χ4v) is 3.77. The molecule has 0 saturated carbocycles. The van der Waals surface area contributed by atoms with Gasteiger partial charge in [-0.05, 0) is 17.5 Å². The third kappa shape index (κ3) is 2.03. The number of thiophene rings is 1. The molecule has 17 heavy (non-hydrogen) atoms. The van der Waals surface area contributed by atoms with Crippen LogP contribution in [0.2, 0.25) is 0 Å². The predicted octanol–water partition coefficient (Wildman–Crippen LogP) is 1.41. The maximum absolute atomic E-state index is 11.3. The third-order valence-electron chi connectivity index (χ3n) is 2.50. The molecule has 0 bridgehead atoms. The molecule has 1 aliphatic rings. The van der Waals surface area contributed by atoms with Gasteiger partial charge in [0.1, 0.15) is 12.1 Å². The van der Waals surface area contributed by atoms with Crippen molar-refractivity contribution in [2.75, 3.05) is 11.1 Å². The molecule has 0 aromatic carbocycles. The molecule has 0 saturated heterocycles. The standard InChI is InChI=1S/C10H9N3O2S2/c14-17(15)4-2-7(5-17)13-10-9-8(1-3-16-9)11-6-12-10/h1-4,6-7H,5H2,(H,11,12,13). The summed E-state index contributed by atoms with van der Waals surface area (Å²) >= 11 is 1.54. The molecule has 1 aliphatic heterocycles. The molecule has 0 radical (unpaired) electrons. The SMILES string of the molecule is O=S1(=O)C=CC(Nc2ncnc3ccsc23)C1. The molecule has 1 N–H and O–H groups in total. The number of fused-ring (bicyclic) bond motifs is 1. The number of anilines is 1. The third-order valence-corrected chi connectivity index (χ3v) is 4.80. The average molecular weight is 267 g/mol. The topological polar surface area (TPSA) is 72.0 Å². The van der Waals surface area contributed by atoms with E-state index < -0.39 is 9.84 Å². The van der Waals surface area contributed by atoms with Crippen LogP contribution >= 0.6 is 11.3 Å². The summed E-state index contributed by atoms with van der Waals surface area (Å²) in [7, 11) is -3.04. The van der Waals surface area contributed by atoms with E-state index in [9.17, 15) is 8.42 Å². The first kappa shape index (κ1) is 10.7. The summed E-state index contributed by atoms with van der Waals surface area (Å²) in [5.74, 6) is 0.779. The molecular weight excluding hydrogens is 258 g/mol. The van der Waals surface area contributed by atoms with E-state index in [1.165, 1.54) is 23.1 Å². The number of nitrogens with zero attached hydrogens (tertiary/aromatic N) is 2. The first-order valence-electron chi connectivity index (χ1n) is 5.00. The first-order chi connectivity index (χ1) is 8.14. The molecule has 2 aromatic rings. The maximum Gasteiger partial charge on any atom is 0.173 e. The van der Waals surface area contributed by atoms with Crippen LogP contribution in [0.25, 0.3) is 10.2 Å². The van der Waals surface area contributed by atoms with Crippen molar-refractivity contribution in [3.63, 3.8) is 0 Å². The minimum absolute atomic E-state index is 0.0872. The lowest BCUT2D eigenvalue weighted by molar-refractivity contribution is 0.605. The Kier molecular flexibility index (Phi) is 2.37. The van der Waals surface area contributed by atoms with E-state index >= 15 is 0 Å². The number of nitrogens with one attached hydrogen (secondary N) is 1. The van der Waals surface area contributed by atoms with Crippen LogP contribution < -0.4 is 5.32 Å². The molecule has 88 valence electrons. The smallest absolute Gasteiger partial charge is 0.173 e. The van der Waals surface area contributed by atoms with Crippen molar-refractivity contribution in [1.29, 1.82) is 0 Å². The zero-order chi connectivity index (χ0) is 11.9. The van der Waals surface area contributed by atoms with E-state index in [0.29, 0.717) is 5.82 Å². The quantitative estimate of drug-likeness (QED) is 0.890. The van der Waals surface area contributed by atoms with Crippen molar-refractivity contribution < 1.29 is 8.42 Å². The van der Waals surface area contributed by atoms with Crippen molar-refractivity contribution in [3.8, 4) is 0 Å². The van der Waals surface area contributed by atoms with Gasteiger partial charge in [-0.3, -0.25) is 0 Å². The first-order valence-corrected chi connectivity index (χ1v) is 7.59. The van der Waals surface area contributed by atoms with Crippen molar-refractivity contribution in [1.82, 2.24) is 9.97 Å². The summed E-state index contributed by atoms with van der Waals surface area (Å²) in [6.45, 7) is 0. The Morgan fingerprint density at radius 3 is 3.06 bits per heavy atom. The van der Waals surface area contributed by atoms with Crippen molar-refractivity contribution in [3.05, 3.63) is 29.3 Å². The molecule has 0 amide bonds.